The van der Waals surface area contributed by atoms with Gasteiger partial charge in [-0.3, -0.25) is 4.90 Å². The molecular weight excluding hydrogens is 256 g/mol. The predicted octanol–water partition coefficient (Wildman–Crippen LogP) is 3.31. The lowest BCUT2D eigenvalue weighted by Crippen LogP contribution is -2.48. The number of benzene rings is 1. The van der Waals surface area contributed by atoms with Gasteiger partial charge in [-0.25, -0.2) is 0 Å². The standard InChI is InChI=1S/C19H30N2/c1-14-10-15(2)18(19(11-14)20-3)13-21-9-8-16-6-4-5-7-17(16)12-21/h4-7,14-15,18-20H,8-13H2,1-3H3. The van der Waals surface area contributed by atoms with Crippen LogP contribution in [0.4, 0.5) is 0 Å². The predicted molar refractivity (Wildman–Crippen MR) is 89.3 cm³/mol. The second kappa shape index (κ2) is 6.50. The zero-order valence-electron chi connectivity index (χ0n) is 13.8. The van der Waals surface area contributed by atoms with E-state index in [1.165, 1.54) is 32.4 Å². The van der Waals surface area contributed by atoms with E-state index in [2.05, 4.69) is 55.4 Å². The van der Waals surface area contributed by atoms with Gasteiger partial charge in [-0.05, 0) is 55.2 Å². The van der Waals surface area contributed by atoms with Crippen molar-refractivity contribution >= 4 is 0 Å². The molecule has 0 radical (unpaired) electrons. The van der Waals surface area contributed by atoms with Crippen LogP contribution in [0, 0.1) is 17.8 Å². The molecule has 1 heterocycles. The fourth-order valence-electron chi connectivity index (χ4n) is 4.56. The third-order valence-electron chi connectivity index (χ3n) is 5.73. The Kier molecular flexibility index (Phi) is 4.66. The summed E-state index contributed by atoms with van der Waals surface area (Å²) in [6, 6.07) is 9.66. The van der Waals surface area contributed by atoms with Gasteiger partial charge in [0, 0.05) is 25.7 Å². The number of nitrogens with one attached hydrogen (secondary N) is 1. The van der Waals surface area contributed by atoms with Crippen LogP contribution in [0.15, 0.2) is 24.3 Å². The van der Waals surface area contributed by atoms with Crippen molar-refractivity contribution < 1.29 is 0 Å². The Morgan fingerprint density at radius 2 is 1.90 bits per heavy atom. The lowest BCUT2D eigenvalue weighted by molar-refractivity contribution is 0.0984. The molecule has 0 spiro atoms. The molecular formula is C19H30N2. The SMILES string of the molecule is CNC1CC(C)CC(C)C1CN1CCc2ccccc2C1. The Bertz CT molecular complexity index is 470. The molecule has 1 N–H and O–H groups in total. The highest BCUT2D eigenvalue weighted by Crippen LogP contribution is 2.35. The fourth-order valence-corrected chi connectivity index (χ4v) is 4.56. The van der Waals surface area contributed by atoms with Gasteiger partial charge in [0.1, 0.15) is 0 Å². The molecule has 0 bridgehead atoms. The summed E-state index contributed by atoms with van der Waals surface area (Å²) in [6.07, 6.45) is 3.96. The number of hydrogen-bond donors (Lipinski definition) is 1. The van der Waals surface area contributed by atoms with Crippen molar-refractivity contribution in [2.45, 2.75) is 45.7 Å². The van der Waals surface area contributed by atoms with Crippen molar-refractivity contribution in [1.82, 2.24) is 10.2 Å². The third kappa shape index (κ3) is 3.32. The maximum atomic E-state index is 3.60. The Morgan fingerprint density at radius 3 is 2.67 bits per heavy atom. The maximum absolute atomic E-state index is 3.60. The van der Waals surface area contributed by atoms with Gasteiger partial charge in [-0.1, -0.05) is 38.1 Å². The van der Waals surface area contributed by atoms with E-state index in [9.17, 15) is 0 Å². The quantitative estimate of drug-likeness (QED) is 0.917. The van der Waals surface area contributed by atoms with Gasteiger partial charge in [0.2, 0.25) is 0 Å². The molecule has 1 aromatic carbocycles. The highest BCUT2D eigenvalue weighted by Gasteiger charge is 2.34. The van der Waals surface area contributed by atoms with Crippen LogP contribution < -0.4 is 5.32 Å². The number of rotatable bonds is 3. The first-order valence-electron chi connectivity index (χ1n) is 8.63. The van der Waals surface area contributed by atoms with Gasteiger partial charge in [-0.2, -0.15) is 0 Å². The van der Waals surface area contributed by atoms with Crippen molar-refractivity contribution in [3.05, 3.63) is 35.4 Å². The summed E-state index contributed by atoms with van der Waals surface area (Å²) in [6.45, 7) is 8.50. The summed E-state index contributed by atoms with van der Waals surface area (Å²) >= 11 is 0. The number of fused-ring (bicyclic) bond motifs is 1. The van der Waals surface area contributed by atoms with Crippen LogP contribution >= 0.6 is 0 Å². The van der Waals surface area contributed by atoms with E-state index in [0.717, 1.165) is 24.3 Å². The first kappa shape index (κ1) is 15.1. The molecule has 3 rings (SSSR count). The van der Waals surface area contributed by atoms with Crippen LogP contribution in [0.25, 0.3) is 0 Å². The van der Waals surface area contributed by atoms with Crippen molar-refractivity contribution in [3.63, 3.8) is 0 Å². The summed E-state index contributed by atoms with van der Waals surface area (Å²) in [5, 5.41) is 3.60. The lowest BCUT2D eigenvalue weighted by atomic mass is 9.72. The van der Waals surface area contributed by atoms with Crippen molar-refractivity contribution in [2.75, 3.05) is 20.1 Å². The second-order valence-electron chi connectivity index (χ2n) is 7.37. The van der Waals surface area contributed by atoms with Gasteiger partial charge < -0.3 is 5.32 Å². The minimum Gasteiger partial charge on any atom is -0.317 e. The van der Waals surface area contributed by atoms with E-state index in [1.54, 1.807) is 11.1 Å². The topological polar surface area (TPSA) is 15.3 Å². The molecule has 1 saturated carbocycles. The molecule has 4 unspecified atom stereocenters. The average Bonchev–Trinajstić information content (AvgIpc) is 2.49. The summed E-state index contributed by atoms with van der Waals surface area (Å²) < 4.78 is 0. The minimum absolute atomic E-state index is 0.695. The van der Waals surface area contributed by atoms with Crippen LogP contribution in [0.2, 0.25) is 0 Å². The average molecular weight is 286 g/mol. The molecule has 116 valence electrons. The van der Waals surface area contributed by atoms with Crippen LogP contribution in [-0.2, 0) is 13.0 Å². The highest BCUT2D eigenvalue weighted by molar-refractivity contribution is 5.29. The van der Waals surface area contributed by atoms with Gasteiger partial charge in [0.25, 0.3) is 0 Å². The summed E-state index contributed by atoms with van der Waals surface area (Å²) in [5.41, 5.74) is 3.10. The van der Waals surface area contributed by atoms with Crippen molar-refractivity contribution in [2.24, 2.45) is 17.8 Å². The first-order chi connectivity index (χ1) is 10.2. The Morgan fingerprint density at radius 1 is 1.14 bits per heavy atom. The second-order valence-corrected chi connectivity index (χ2v) is 7.37. The van der Waals surface area contributed by atoms with Crippen LogP contribution in [0.5, 0.6) is 0 Å². The molecule has 2 nitrogen and oxygen atoms in total. The van der Waals surface area contributed by atoms with E-state index in [0.29, 0.717) is 6.04 Å². The van der Waals surface area contributed by atoms with E-state index in [-0.39, 0.29) is 0 Å². The summed E-state index contributed by atoms with van der Waals surface area (Å²) in [4.78, 5) is 2.68. The molecule has 0 saturated heterocycles. The van der Waals surface area contributed by atoms with Crippen molar-refractivity contribution in [3.8, 4) is 0 Å². The molecule has 1 aliphatic heterocycles. The lowest BCUT2D eigenvalue weighted by Gasteiger charge is -2.43. The normalized spacial score (nSPS) is 33.7. The van der Waals surface area contributed by atoms with E-state index < -0.39 is 0 Å². The molecule has 1 fully saturated rings. The van der Waals surface area contributed by atoms with E-state index in [4.69, 9.17) is 0 Å². The highest BCUT2D eigenvalue weighted by atomic mass is 15.1. The molecule has 0 amide bonds. The smallest absolute Gasteiger partial charge is 0.0236 e. The van der Waals surface area contributed by atoms with Gasteiger partial charge in [0.15, 0.2) is 0 Å². The van der Waals surface area contributed by atoms with Gasteiger partial charge in [-0.15, -0.1) is 0 Å². The minimum atomic E-state index is 0.695. The molecule has 1 aromatic rings. The Balaban J connectivity index is 1.66. The monoisotopic (exact) mass is 286 g/mol. The number of hydrogen-bond acceptors (Lipinski definition) is 2. The largest absolute Gasteiger partial charge is 0.317 e. The van der Waals surface area contributed by atoms with Crippen LogP contribution in [-0.4, -0.2) is 31.1 Å². The van der Waals surface area contributed by atoms with Gasteiger partial charge in [0.05, 0.1) is 0 Å². The molecule has 1 aliphatic carbocycles. The summed E-state index contributed by atoms with van der Waals surface area (Å²) in [7, 11) is 2.15. The Labute approximate surface area is 129 Å². The third-order valence-corrected chi connectivity index (χ3v) is 5.73. The number of nitrogens with zero attached hydrogens (tertiary/aromatic N) is 1. The van der Waals surface area contributed by atoms with Crippen LogP contribution in [0.1, 0.15) is 37.8 Å². The van der Waals surface area contributed by atoms with Gasteiger partial charge >= 0.3 is 0 Å². The fraction of sp³-hybridized carbons (Fsp3) is 0.684. The zero-order valence-corrected chi connectivity index (χ0v) is 13.8. The van der Waals surface area contributed by atoms with Crippen molar-refractivity contribution in [1.29, 1.82) is 0 Å². The first-order valence-corrected chi connectivity index (χ1v) is 8.63. The zero-order chi connectivity index (χ0) is 14.8. The maximum Gasteiger partial charge on any atom is 0.0236 e. The molecule has 4 atom stereocenters. The molecule has 2 aliphatic rings. The summed E-state index contributed by atoms with van der Waals surface area (Å²) in [5.74, 6) is 2.51. The Hall–Kier alpha value is -0.860. The molecule has 0 aromatic heterocycles. The van der Waals surface area contributed by atoms with Crippen LogP contribution in [0.3, 0.4) is 0 Å². The van der Waals surface area contributed by atoms with E-state index >= 15 is 0 Å². The van der Waals surface area contributed by atoms with E-state index in [1.807, 2.05) is 0 Å². The molecule has 21 heavy (non-hydrogen) atoms. The molecule has 2 heteroatoms.